The van der Waals surface area contributed by atoms with Crippen LogP contribution < -0.4 is 5.73 Å². The second-order valence-electron chi connectivity index (χ2n) is 4.40. The largest absolute Gasteiger partial charge is 0.325 e. The van der Waals surface area contributed by atoms with Crippen LogP contribution in [0.5, 0.6) is 0 Å². The van der Waals surface area contributed by atoms with Gasteiger partial charge >= 0.3 is 0 Å². The van der Waals surface area contributed by atoms with Crippen molar-refractivity contribution < 1.29 is 0 Å². The van der Waals surface area contributed by atoms with Gasteiger partial charge in [0.05, 0.1) is 0 Å². The second-order valence-corrected chi connectivity index (χ2v) is 5.35. The first kappa shape index (κ1) is 12.2. The molecule has 2 aromatic heterocycles. The maximum atomic E-state index is 5.56. The van der Waals surface area contributed by atoms with Crippen molar-refractivity contribution in [3.8, 4) is 11.5 Å². The van der Waals surface area contributed by atoms with Gasteiger partial charge in [-0.3, -0.25) is 0 Å². The lowest BCUT2D eigenvalue weighted by molar-refractivity contribution is 0.613. The summed E-state index contributed by atoms with van der Waals surface area (Å²) in [6, 6.07) is 0. The molecule has 0 aliphatic heterocycles. The molecule has 6 heteroatoms. The van der Waals surface area contributed by atoms with Crippen molar-refractivity contribution in [3.63, 3.8) is 0 Å². The molecule has 0 spiro atoms. The van der Waals surface area contributed by atoms with E-state index in [2.05, 4.69) is 28.9 Å². The third-order valence-corrected chi connectivity index (χ3v) is 3.22. The quantitative estimate of drug-likeness (QED) is 0.896. The van der Waals surface area contributed by atoms with Crippen LogP contribution in [0.25, 0.3) is 11.5 Å². The summed E-state index contributed by atoms with van der Waals surface area (Å²) in [7, 11) is 1.90. The summed E-state index contributed by atoms with van der Waals surface area (Å²) in [5.74, 6) is 2.25. The molecule has 92 valence electrons. The van der Waals surface area contributed by atoms with Gasteiger partial charge in [-0.25, -0.2) is 14.6 Å². The molecule has 0 saturated heterocycles. The smallest absolute Gasteiger partial charge is 0.177 e. The van der Waals surface area contributed by atoms with Crippen molar-refractivity contribution in [2.24, 2.45) is 18.7 Å². The molecule has 2 aromatic rings. The van der Waals surface area contributed by atoms with E-state index in [0.717, 1.165) is 28.8 Å². The third kappa shape index (κ3) is 2.70. The normalized spacial score (nSPS) is 11.4. The van der Waals surface area contributed by atoms with Crippen LogP contribution in [-0.4, -0.2) is 19.7 Å². The molecule has 0 aromatic carbocycles. The van der Waals surface area contributed by atoms with E-state index in [9.17, 15) is 0 Å². The van der Waals surface area contributed by atoms with Gasteiger partial charge < -0.3 is 5.73 Å². The number of hydrogen-bond donors (Lipinski definition) is 1. The van der Waals surface area contributed by atoms with Gasteiger partial charge in [0.1, 0.15) is 10.7 Å². The average molecular weight is 251 g/mol. The van der Waals surface area contributed by atoms with E-state index in [4.69, 9.17) is 5.73 Å². The zero-order chi connectivity index (χ0) is 12.4. The minimum absolute atomic E-state index is 0.474. The minimum atomic E-state index is 0.474. The summed E-state index contributed by atoms with van der Waals surface area (Å²) in [6.45, 7) is 4.79. The SMILES string of the molecule is CC(C)Cc1nc(-c2csc(CN)n2)n(C)n1. The molecule has 0 unspecified atom stereocenters. The molecule has 0 saturated carbocycles. The zero-order valence-corrected chi connectivity index (χ0v) is 11.2. The highest BCUT2D eigenvalue weighted by molar-refractivity contribution is 7.09. The number of aromatic nitrogens is 4. The number of hydrogen-bond acceptors (Lipinski definition) is 5. The Morgan fingerprint density at radius 3 is 2.76 bits per heavy atom. The number of nitrogens with two attached hydrogens (primary N) is 1. The molecule has 0 amide bonds. The van der Waals surface area contributed by atoms with E-state index in [-0.39, 0.29) is 0 Å². The van der Waals surface area contributed by atoms with Gasteiger partial charge in [-0.05, 0) is 5.92 Å². The van der Waals surface area contributed by atoms with Crippen LogP contribution in [0.4, 0.5) is 0 Å². The fourth-order valence-electron chi connectivity index (χ4n) is 1.62. The standard InChI is InChI=1S/C11H17N5S/c1-7(2)4-9-14-11(16(3)15-9)8-6-17-10(5-12)13-8/h6-7H,4-5,12H2,1-3H3. The Morgan fingerprint density at radius 2 is 2.18 bits per heavy atom. The van der Waals surface area contributed by atoms with Gasteiger partial charge in [0.15, 0.2) is 11.6 Å². The van der Waals surface area contributed by atoms with Gasteiger partial charge in [0, 0.05) is 25.4 Å². The fraction of sp³-hybridized carbons (Fsp3) is 0.545. The van der Waals surface area contributed by atoms with Crippen molar-refractivity contribution in [3.05, 3.63) is 16.2 Å². The fourth-order valence-corrected chi connectivity index (χ4v) is 2.27. The first-order valence-electron chi connectivity index (χ1n) is 5.65. The lowest BCUT2D eigenvalue weighted by Crippen LogP contribution is -1.98. The number of aryl methyl sites for hydroxylation is 1. The molecule has 2 rings (SSSR count). The molecule has 0 atom stereocenters. The summed E-state index contributed by atoms with van der Waals surface area (Å²) in [4.78, 5) is 8.95. The molecular formula is C11H17N5S. The minimum Gasteiger partial charge on any atom is -0.325 e. The number of rotatable bonds is 4. The molecule has 0 fully saturated rings. The van der Waals surface area contributed by atoms with Crippen LogP contribution in [0.3, 0.4) is 0 Å². The van der Waals surface area contributed by atoms with Gasteiger partial charge in [-0.15, -0.1) is 11.3 Å². The van der Waals surface area contributed by atoms with Crippen LogP contribution in [0.2, 0.25) is 0 Å². The highest BCUT2D eigenvalue weighted by Crippen LogP contribution is 2.20. The van der Waals surface area contributed by atoms with Crippen molar-refractivity contribution in [1.29, 1.82) is 0 Å². The maximum absolute atomic E-state index is 5.56. The topological polar surface area (TPSA) is 69.6 Å². The lowest BCUT2D eigenvalue weighted by atomic mass is 10.1. The molecule has 5 nitrogen and oxygen atoms in total. The van der Waals surface area contributed by atoms with E-state index < -0.39 is 0 Å². The molecule has 0 aliphatic carbocycles. The molecule has 0 aliphatic rings. The Bertz CT molecular complexity index is 500. The summed E-state index contributed by atoms with van der Waals surface area (Å²) >= 11 is 1.56. The average Bonchev–Trinajstić information content (AvgIpc) is 2.83. The maximum Gasteiger partial charge on any atom is 0.177 e. The highest BCUT2D eigenvalue weighted by atomic mass is 32.1. The summed E-state index contributed by atoms with van der Waals surface area (Å²) < 4.78 is 1.78. The first-order chi connectivity index (χ1) is 8.10. The Morgan fingerprint density at radius 1 is 1.41 bits per heavy atom. The predicted molar refractivity (Wildman–Crippen MR) is 68.5 cm³/mol. The Kier molecular flexibility index (Phi) is 3.54. The van der Waals surface area contributed by atoms with Gasteiger partial charge in [0.2, 0.25) is 0 Å². The highest BCUT2D eigenvalue weighted by Gasteiger charge is 2.13. The molecule has 2 N–H and O–H groups in total. The number of nitrogens with zero attached hydrogens (tertiary/aromatic N) is 4. The van der Waals surface area contributed by atoms with Gasteiger partial charge in [-0.2, -0.15) is 5.10 Å². The van der Waals surface area contributed by atoms with E-state index in [0.29, 0.717) is 12.5 Å². The number of thiazole rings is 1. The zero-order valence-electron chi connectivity index (χ0n) is 10.3. The van der Waals surface area contributed by atoms with E-state index in [1.54, 1.807) is 16.0 Å². The van der Waals surface area contributed by atoms with E-state index >= 15 is 0 Å². The molecule has 17 heavy (non-hydrogen) atoms. The second kappa shape index (κ2) is 4.93. The first-order valence-corrected chi connectivity index (χ1v) is 6.53. The molecule has 0 bridgehead atoms. The van der Waals surface area contributed by atoms with E-state index in [1.807, 2.05) is 12.4 Å². The van der Waals surface area contributed by atoms with Crippen molar-refractivity contribution >= 4 is 11.3 Å². The van der Waals surface area contributed by atoms with E-state index in [1.165, 1.54) is 0 Å². The van der Waals surface area contributed by atoms with Crippen LogP contribution in [0, 0.1) is 5.92 Å². The Balaban J connectivity index is 2.29. The third-order valence-electron chi connectivity index (χ3n) is 2.35. The monoisotopic (exact) mass is 251 g/mol. The molecular weight excluding hydrogens is 234 g/mol. The lowest BCUT2D eigenvalue weighted by Gasteiger charge is -1.96. The van der Waals surface area contributed by atoms with Gasteiger partial charge in [-0.1, -0.05) is 13.8 Å². The van der Waals surface area contributed by atoms with Crippen molar-refractivity contribution in [2.45, 2.75) is 26.8 Å². The Labute approximate surface area is 105 Å². The van der Waals surface area contributed by atoms with Crippen LogP contribution >= 0.6 is 11.3 Å². The summed E-state index contributed by atoms with van der Waals surface area (Å²) in [5.41, 5.74) is 6.42. The van der Waals surface area contributed by atoms with Crippen LogP contribution in [-0.2, 0) is 20.0 Å². The van der Waals surface area contributed by atoms with Crippen molar-refractivity contribution in [1.82, 2.24) is 19.7 Å². The molecule has 0 radical (unpaired) electrons. The predicted octanol–water partition coefficient (Wildman–Crippen LogP) is 1.60. The summed E-state index contributed by atoms with van der Waals surface area (Å²) in [6.07, 6.45) is 0.891. The Hall–Kier alpha value is -1.27. The van der Waals surface area contributed by atoms with Crippen LogP contribution in [0.15, 0.2) is 5.38 Å². The van der Waals surface area contributed by atoms with Crippen LogP contribution in [0.1, 0.15) is 24.7 Å². The van der Waals surface area contributed by atoms with Gasteiger partial charge in [0.25, 0.3) is 0 Å². The summed E-state index contributed by atoms with van der Waals surface area (Å²) in [5, 5.41) is 7.30. The molecule has 2 heterocycles. The van der Waals surface area contributed by atoms with Crippen molar-refractivity contribution in [2.75, 3.05) is 0 Å².